The summed E-state index contributed by atoms with van der Waals surface area (Å²) in [6, 6.07) is 4.10. The zero-order chi connectivity index (χ0) is 20.1. The van der Waals surface area contributed by atoms with E-state index in [9.17, 15) is 40.5 Å². The average molecular weight is 378 g/mol. The van der Waals surface area contributed by atoms with Gasteiger partial charge in [0.15, 0.2) is 17.3 Å². The molecule has 27 heavy (non-hydrogen) atoms. The third-order valence-electron chi connectivity index (χ3n) is 3.97. The lowest BCUT2D eigenvalue weighted by atomic mass is 10.00. The molecule has 0 saturated heterocycles. The molecule has 3 aromatic rings. The van der Waals surface area contributed by atoms with Crippen molar-refractivity contribution in [1.29, 1.82) is 0 Å². The van der Waals surface area contributed by atoms with Gasteiger partial charge in [-0.1, -0.05) is 0 Å². The predicted octanol–water partition coefficient (Wildman–Crippen LogP) is 0.118. The molecule has 142 valence electrons. The minimum atomic E-state index is -3.06. The Balaban J connectivity index is 2.38. The fourth-order valence-electron chi connectivity index (χ4n) is 2.65. The molecule has 0 radical (unpaired) electrons. The Labute approximate surface area is 149 Å². The van der Waals surface area contributed by atoms with Crippen LogP contribution in [0.15, 0.2) is 33.5 Å². The van der Waals surface area contributed by atoms with Crippen LogP contribution in [-0.2, 0) is 5.79 Å². The quantitative estimate of drug-likeness (QED) is 0.229. The van der Waals surface area contributed by atoms with Crippen molar-refractivity contribution in [2.45, 2.75) is 5.79 Å². The van der Waals surface area contributed by atoms with Crippen LogP contribution in [-0.4, -0.2) is 47.5 Å². The van der Waals surface area contributed by atoms with Crippen LogP contribution < -0.4 is 5.43 Å². The summed E-state index contributed by atoms with van der Waals surface area (Å²) in [5.74, 6) is -7.48. The number of hydrogen-bond acceptors (Lipinski definition) is 10. The lowest BCUT2D eigenvalue weighted by molar-refractivity contribution is -0.196. The van der Waals surface area contributed by atoms with Gasteiger partial charge >= 0.3 is 0 Å². The lowest BCUT2D eigenvalue weighted by Crippen LogP contribution is -2.30. The van der Waals surface area contributed by atoms with Crippen molar-refractivity contribution in [2.75, 3.05) is 6.61 Å². The van der Waals surface area contributed by atoms with Gasteiger partial charge in [0.1, 0.15) is 29.1 Å². The van der Waals surface area contributed by atoms with Gasteiger partial charge in [-0.2, -0.15) is 0 Å². The number of aromatic hydroxyl groups is 5. The summed E-state index contributed by atoms with van der Waals surface area (Å²) in [7, 11) is 0. The summed E-state index contributed by atoms with van der Waals surface area (Å²) in [5, 5.41) is 77.0. The Kier molecular flexibility index (Phi) is 4.11. The summed E-state index contributed by atoms with van der Waals surface area (Å²) in [4.78, 5) is 12.5. The van der Waals surface area contributed by atoms with E-state index in [4.69, 9.17) is 9.52 Å². The molecule has 0 unspecified atom stereocenters. The number of aliphatic hydroxyl groups is 3. The number of phenols is 4. The Bertz CT molecular complexity index is 1110. The molecule has 0 amide bonds. The van der Waals surface area contributed by atoms with Crippen molar-refractivity contribution in [3.8, 4) is 40.1 Å². The Morgan fingerprint density at radius 2 is 1.56 bits per heavy atom. The average Bonchev–Trinajstić information content (AvgIpc) is 2.60. The van der Waals surface area contributed by atoms with Crippen molar-refractivity contribution < 1.29 is 45.3 Å². The Morgan fingerprint density at radius 3 is 2.15 bits per heavy atom. The van der Waals surface area contributed by atoms with E-state index >= 15 is 0 Å². The first kappa shape index (κ1) is 18.3. The van der Waals surface area contributed by atoms with E-state index in [-0.39, 0.29) is 5.56 Å². The van der Waals surface area contributed by atoms with Crippen LogP contribution in [0.25, 0.3) is 22.3 Å². The molecule has 0 aliphatic rings. The number of fused-ring (bicyclic) bond motifs is 1. The van der Waals surface area contributed by atoms with E-state index in [1.165, 1.54) is 6.07 Å². The number of phenolic OH excluding ortho intramolecular Hbond substituents is 4. The van der Waals surface area contributed by atoms with E-state index in [1.54, 1.807) is 0 Å². The molecule has 8 N–H and O–H groups in total. The molecular formula is C17H14O10. The standard InChI is InChI=1S/C17H14O10/c18-5-17(25,26)12-9(21)4-10-11(13(12)22)14(23)15(24)16(27-10)6-1-2-7(19)8(20)3-6/h1-4,18-22,24-26H,5H2. The van der Waals surface area contributed by atoms with Gasteiger partial charge in [-0.15, -0.1) is 0 Å². The maximum atomic E-state index is 12.5. The van der Waals surface area contributed by atoms with Gasteiger partial charge in [-0.25, -0.2) is 0 Å². The van der Waals surface area contributed by atoms with Crippen LogP contribution in [0.5, 0.6) is 28.7 Å². The van der Waals surface area contributed by atoms with Crippen LogP contribution in [0.4, 0.5) is 0 Å². The topological polar surface area (TPSA) is 192 Å². The second-order valence-electron chi connectivity index (χ2n) is 5.78. The second kappa shape index (κ2) is 6.06. The predicted molar refractivity (Wildman–Crippen MR) is 89.4 cm³/mol. The lowest BCUT2D eigenvalue weighted by Gasteiger charge is -2.22. The van der Waals surface area contributed by atoms with E-state index < -0.39 is 68.9 Å². The van der Waals surface area contributed by atoms with Crippen molar-refractivity contribution in [3.63, 3.8) is 0 Å². The summed E-state index contributed by atoms with van der Waals surface area (Å²) >= 11 is 0. The summed E-state index contributed by atoms with van der Waals surface area (Å²) in [6.07, 6.45) is 0. The highest BCUT2D eigenvalue weighted by Gasteiger charge is 2.34. The second-order valence-corrected chi connectivity index (χ2v) is 5.78. The van der Waals surface area contributed by atoms with Gasteiger partial charge in [0.05, 0.1) is 5.56 Å². The molecule has 3 rings (SSSR count). The van der Waals surface area contributed by atoms with Crippen LogP contribution in [0, 0.1) is 0 Å². The third-order valence-corrected chi connectivity index (χ3v) is 3.97. The van der Waals surface area contributed by atoms with Gasteiger partial charge in [0.2, 0.25) is 17.0 Å². The van der Waals surface area contributed by atoms with Gasteiger partial charge in [0, 0.05) is 11.6 Å². The molecule has 0 saturated carbocycles. The molecule has 0 bridgehead atoms. The number of hydrogen-bond donors (Lipinski definition) is 8. The van der Waals surface area contributed by atoms with Crippen LogP contribution in [0.1, 0.15) is 5.56 Å². The fraction of sp³-hybridized carbons (Fsp3) is 0.118. The van der Waals surface area contributed by atoms with E-state index in [1.807, 2.05) is 0 Å². The molecule has 0 aliphatic heterocycles. The van der Waals surface area contributed by atoms with Gasteiger partial charge in [-0.05, 0) is 18.2 Å². The Morgan fingerprint density at radius 1 is 0.889 bits per heavy atom. The van der Waals surface area contributed by atoms with Crippen LogP contribution >= 0.6 is 0 Å². The monoisotopic (exact) mass is 378 g/mol. The molecule has 0 atom stereocenters. The SMILES string of the molecule is O=c1c(O)c(-c2ccc(O)c(O)c2)oc2cc(O)c(C(O)(O)CO)c(O)c12. The normalized spacial score (nSPS) is 11.8. The first-order valence-electron chi connectivity index (χ1n) is 7.41. The molecule has 0 aliphatic carbocycles. The van der Waals surface area contributed by atoms with Gasteiger partial charge < -0.3 is 45.3 Å². The minimum absolute atomic E-state index is 0.00104. The highest BCUT2D eigenvalue weighted by molar-refractivity contribution is 5.90. The first-order valence-corrected chi connectivity index (χ1v) is 7.41. The first-order chi connectivity index (χ1) is 12.6. The van der Waals surface area contributed by atoms with Crippen molar-refractivity contribution >= 4 is 11.0 Å². The highest BCUT2D eigenvalue weighted by atomic mass is 16.5. The number of benzene rings is 2. The summed E-state index contributed by atoms with van der Waals surface area (Å²) in [5.41, 5.74) is -2.54. The van der Waals surface area contributed by atoms with E-state index in [2.05, 4.69) is 0 Å². The number of aliphatic hydroxyl groups excluding tert-OH is 1. The molecule has 1 aromatic heterocycles. The van der Waals surface area contributed by atoms with Crippen LogP contribution in [0.2, 0.25) is 0 Å². The molecule has 0 fully saturated rings. The molecule has 10 heteroatoms. The van der Waals surface area contributed by atoms with E-state index in [0.29, 0.717) is 0 Å². The number of rotatable bonds is 3. The smallest absolute Gasteiger partial charge is 0.238 e. The fourth-order valence-corrected chi connectivity index (χ4v) is 2.65. The highest BCUT2D eigenvalue weighted by Crippen LogP contribution is 2.42. The zero-order valence-corrected chi connectivity index (χ0v) is 13.4. The van der Waals surface area contributed by atoms with Gasteiger partial charge in [0.25, 0.3) is 0 Å². The van der Waals surface area contributed by atoms with Crippen molar-refractivity contribution in [1.82, 2.24) is 0 Å². The maximum absolute atomic E-state index is 12.5. The third kappa shape index (κ3) is 2.77. The molecule has 0 spiro atoms. The van der Waals surface area contributed by atoms with Crippen molar-refractivity contribution in [2.24, 2.45) is 0 Å². The largest absolute Gasteiger partial charge is 0.507 e. The molecular weight excluding hydrogens is 364 g/mol. The summed E-state index contributed by atoms with van der Waals surface area (Å²) < 4.78 is 5.33. The summed E-state index contributed by atoms with van der Waals surface area (Å²) in [6.45, 7) is -1.30. The van der Waals surface area contributed by atoms with Crippen molar-refractivity contribution in [3.05, 3.63) is 40.1 Å². The van der Waals surface area contributed by atoms with Crippen LogP contribution in [0.3, 0.4) is 0 Å². The molecule has 1 heterocycles. The maximum Gasteiger partial charge on any atom is 0.238 e. The molecule has 2 aromatic carbocycles. The minimum Gasteiger partial charge on any atom is -0.507 e. The molecule has 10 nitrogen and oxygen atoms in total. The Hall–Kier alpha value is -3.47. The van der Waals surface area contributed by atoms with E-state index in [0.717, 1.165) is 18.2 Å². The zero-order valence-electron chi connectivity index (χ0n) is 13.4. The van der Waals surface area contributed by atoms with Gasteiger partial charge in [-0.3, -0.25) is 4.79 Å².